The molecule has 0 bridgehead atoms. The molecule has 9 heteroatoms. The number of nitrogens with zero attached hydrogens (tertiary/aromatic N) is 4. The maximum absolute atomic E-state index is 13.6. The van der Waals surface area contributed by atoms with Crippen molar-refractivity contribution in [1.82, 2.24) is 20.4 Å². The van der Waals surface area contributed by atoms with Crippen molar-refractivity contribution in [2.24, 2.45) is 0 Å². The molecule has 1 aliphatic rings. The van der Waals surface area contributed by atoms with Crippen molar-refractivity contribution in [3.05, 3.63) is 75.9 Å². The van der Waals surface area contributed by atoms with Gasteiger partial charge < -0.3 is 9.84 Å². The summed E-state index contributed by atoms with van der Waals surface area (Å²) in [6.07, 6.45) is 0. The Labute approximate surface area is 160 Å². The fraction of sp³-hybridized carbons (Fsp3) is 0.263. The highest BCUT2D eigenvalue weighted by molar-refractivity contribution is 5.56. The molecule has 8 nitrogen and oxygen atoms in total. The fourth-order valence-electron chi connectivity index (χ4n) is 3.32. The molecule has 1 unspecified atom stereocenters. The van der Waals surface area contributed by atoms with E-state index in [1.165, 1.54) is 18.2 Å². The Hall–Kier alpha value is -3.17. The standard InChI is InChI=1S/C19H18FN5O3/c20-15-3-1-2-14(10-15)17-11-21-8-9-24(17)12-18-22-19(23-28-18)13-4-6-16(7-5-13)25(26)27/h1-7,10,17,21H,8-9,11-12H2. The van der Waals surface area contributed by atoms with Crippen LogP contribution in [-0.2, 0) is 6.54 Å². The van der Waals surface area contributed by atoms with Gasteiger partial charge in [-0.05, 0) is 29.8 Å². The van der Waals surface area contributed by atoms with Crippen LogP contribution in [-0.4, -0.2) is 39.6 Å². The minimum atomic E-state index is -0.456. The Bertz CT molecular complexity index is 976. The third kappa shape index (κ3) is 3.90. The first-order valence-corrected chi connectivity index (χ1v) is 8.88. The van der Waals surface area contributed by atoms with Gasteiger partial charge >= 0.3 is 0 Å². The molecular weight excluding hydrogens is 365 g/mol. The second-order valence-electron chi connectivity index (χ2n) is 6.56. The van der Waals surface area contributed by atoms with Gasteiger partial charge in [-0.25, -0.2) is 4.39 Å². The van der Waals surface area contributed by atoms with E-state index < -0.39 is 4.92 Å². The first kappa shape index (κ1) is 18.2. The maximum atomic E-state index is 13.6. The second-order valence-corrected chi connectivity index (χ2v) is 6.56. The van der Waals surface area contributed by atoms with E-state index in [2.05, 4.69) is 20.4 Å². The Morgan fingerprint density at radius 1 is 1.29 bits per heavy atom. The first-order valence-electron chi connectivity index (χ1n) is 8.88. The Morgan fingerprint density at radius 2 is 2.11 bits per heavy atom. The quantitative estimate of drug-likeness (QED) is 0.534. The lowest BCUT2D eigenvalue weighted by atomic mass is 10.0. The lowest BCUT2D eigenvalue weighted by Crippen LogP contribution is -2.45. The molecule has 1 aliphatic heterocycles. The molecule has 144 valence electrons. The zero-order chi connectivity index (χ0) is 19.5. The van der Waals surface area contributed by atoms with Crippen molar-refractivity contribution in [2.45, 2.75) is 12.6 Å². The average Bonchev–Trinajstić information content (AvgIpc) is 3.17. The van der Waals surface area contributed by atoms with Gasteiger partial charge in [-0.3, -0.25) is 15.0 Å². The monoisotopic (exact) mass is 383 g/mol. The first-order chi connectivity index (χ1) is 13.6. The van der Waals surface area contributed by atoms with Crippen LogP contribution in [0.1, 0.15) is 17.5 Å². The molecule has 4 rings (SSSR count). The lowest BCUT2D eigenvalue weighted by Gasteiger charge is -2.35. The molecule has 0 saturated carbocycles. The van der Waals surface area contributed by atoms with Crippen LogP contribution in [0, 0.1) is 15.9 Å². The van der Waals surface area contributed by atoms with Crippen molar-refractivity contribution < 1.29 is 13.8 Å². The topological polar surface area (TPSA) is 97.3 Å². The lowest BCUT2D eigenvalue weighted by molar-refractivity contribution is -0.384. The third-order valence-electron chi connectivity index (χ3n) is 4.73. The molecule has 1 aromatic heterocycles. The summed E-state index contributed by atoms with van der Waals surface area (Å²) in [6, 6.07) is 12.6. The van der Waals surface area contributed by atoms with Gasteiger partial charge in [-0.2, -0.15) is 4.98 Å². The molecule has 0 amide bonds. The van der Waals surface area contributed by atoms with E-state index >= 15 is 0 Å². The molecule has 1 fully saturated rings. The van der Waals surface area contributed by atoms with Crippen LogP contribution in [0.5, 0.6) is 0 Å². The number of nitrogens with one attached hydrogen (secondary N) is 1. The maximum Gasteiger partial charge on any atom is 0.269 e. The summed E-state index contributed by atoms with van der Waals surface area (Å²) < 4.78 is 19.0. The predicted octanol–water partition coefficient (Wildman–Crippen LogP) is 2.93. The van der Waals surface area contributed by atoms with E-state index in [4.69, 9.17) is 4.52 Å². The van der Waals surface area contributed by atoms with Crippen molar-refractivity contribution >= 4 is 5.69 Å². The summed E-state index contributed by atoms with van der Waals surface area (Å²) in [7, 11) is 0. The Morgan fingerprint density at radius 3 is 2.86 bits per heavy atom. The molecule has 1 atom stereocenters. The van der Waals surface area contributed by atoms with E-state index in [-0.39, 0.29) is 17.5 Å². The van der Waals surface area contributed by atoms with Crippen LogP contribution in [0.25, 0.3) is 11.4 Å². The number of halogens is 1. The summed E-state index contributed by atoms with van der Waals surface area (Å²) in [5, 5.41) is 18.1. The summed E-state index contributed by atoms with van der Waals surface area (Å²) in [5.41, 5.74) is 1.54. The molecule has 1 saturated heterocycles. The van der Waals surface area contributed by atoms with Crippen molar-refractivity contribution in [3.8, 4) is 11.4 Å². The van der Waals surface area contributed by atoms with E-state index in [0.717, 1.165) is 18.7 Å². The molecule has 3 aromatic rings. The van der Waals surface area contributed by atoms with E-state index in [0.29, 0.717) is 30.4 Å². The molecule has 2 heterocycles. The number of aromatic nitrogens is 2. The summed E-state index contributed by atoms with van der Waals surface area (Å²) in [6.45, 7) is 2.71. The van der Waals surface area contributed by atoms with Crippen molar-refractivity contribution in [1.29, 1.82) is 0 Å². The predicted molar refractivity (Wildman–Crippen MR) is 98.8 cm³/mol. The van der Waals surface area contributed by atoms with Gasteiger partial charge in [0.25, 0.3) is 5.69 Å². The number of benzene rings is 2. The Balaban J connectivity index is 1.51. The van der Waals surface area contributed by atoms with E-state index in [1.54, 1.807) is 24.3 Å². The zero-order valence-corrected chi connectivity index (χ0v) is 14.9. The number of piperazine rings is 1. The Kier molecular flexibility index (Phi) is 5.09. The van der Waals surface area contributed by atoms with E-state index in [9.17, 15) is 14.5 Å². The molecular formula is C19H18FN5O3. The highest BCUT2D eigenvalue weighted by Gasteiger charge is 2.26. The highest BCUT2D eigenvalue weighted by atomic mass is 19.1. The highest BCUT2D eigenvalue weighted by Crippen LogP contribution is 2.25. The van der Waals surface area contributed by atoms with Crippen molar-refractivity contribution in [3.63, 3.8) is 0 Å². The minimum absolute atomic E-state index is 0.000764. The largest absolute Gasteiger partial charge is 0.338 e. The summed E-state index contributed by atoms with van der Waals surface area (Å²) in [5.74, 6) is 0.556. The number of hydrogen-bond donors (Lipinski definition) is 1. The molecule has 0 radical (unpaired) electrons. The molecule has 28 heavy (non-hydrogen) atoms. The van der Waals surface area contributed by atoms with Crippen LogP contribution >= 0.6 is 0 Å². The third-order valence-corrected chi connectivity index (χ3v) is 4.73. The number of nitro benzene ring substituents is 1. The minimum Gasteiger partial charge on any atom is -0.338 e. The van der Waals surface area contributed by atoms with Gasteiger partial charge in [0.05, 0.1) is 11.5 Å². The van der Waals surface area contributed by atoms with Gasteiger partial charge in [-0.1, -0.05) is 17.3 Å². The summed E-state index contributed by atoms with van der Waals surface area (Å²) >= 11 is 0. The molecule has 2 aromatic carbocycles. The molecule has 1 N–H and O–H groups in total. The van der Waals surface area contributed by atoms with Gasteiger partial charge in [0, 0.05) is 43.4 Å². The number of nitro groups is 1. The van der Waals surface area contributed by atoms with Crippen LogP contribution in [0.2, 0.25) is 0 Å². The molecule has 0 aliphatic carbocycles. The SMILES string of the molecule is O=[N+]([O-])c1ccc(-c2noc(CN3CCNCC3c3cccc(F)c3)n2)cc1. The normalized spacial score (nSPS) is 17.5. The fourth-order valence-corrected chi connectivity index (χ4v) is 3.32. The van der Waals surface area contributed by atoms with Gasteiger partial charge in [-0.15, -0.1) is 0 Å². The average molecular weight is 383 g/mol. The van der Waals surface area contributed by atoms with Gasteiger partial charge in [0.2, 0.25) is 11.7 Å². The number of hydrogen-bond acceptors (Lipinski definition) is 7. The zero-order valence-electron chi connectivity index (χ0n) is 14.9. The van der Waals surface area contributed by atoms with Gasteiger partial charge in [0.15, 0.2) is 0 Å². The number of non-ortho nitro benzene ring substituents is 1. The second kappa shape index (κ2) is 7.83. The van der Waals surface area contributed by atoms with Crippen LogP contribution < -0.4 is 5.32 Å². The van der Waals surface area contributed by atoms with Gasteiger partial charge in [0.1, 0.15) is 5.82 Å². The van der Waals surface area contributed by atoms with Crippen molar-refractivity contribution in [2.75, 3.05) is 19.6 Å². The van der Waals surface area contributed by atoms with Crippen LogP contribution in [0.4, 0.5) is 10.1 Å². The smallest absolute Gasteiger partial charge is 0.269 e. The molecule has 0 spiro atoms. The summed E-state index contributed by atoms with van der Waals surface area (Å²) in [4.78, 5) is 16.9. The van der Waals surface area contributed by atoms with E-state index in [1.807, 2.05) is 6.07 Å². The van der Waals surface area contributed by atoms with Crippen LogP contribution in [0.3, 0.4) is 0 Å². The van der Waals surface area contributed by atoms with Crippen LogP contribution in [0.15, 0.2) is 53.1 Å². The number of rotatable bonds is 5.